The summed E-state index contributed by atoms with van der Waals surface area (Å²) in [7, 11) is 0. The van der Waals surface area contributed by atoms with E-state index >= 15 is 0 Å². The van der Waals surface area contributed by atoms with E-state index in [0.717, 1.165) is 12.8 Å². The summed E-state index contributed by atoms with van der Waals surface area (Å²) in [6.45, 7) is 6.31. The molecule has 9 heavy (non-hydrogen) atoms. The third-order valence-electron chi connectivity index (χ3n) is 1.35. The van der Waals surface area contributed by atoms with Gasteiger partial charge < -0.3 is 0 Å². The van der Waals surface area contributed by atoms with E-state index < -0.39 is 0 Å². The third-order valence-corrected chi connectivity index (χ3v) is 1.53. The molecular formula is C8H15Cl. The van der Waals surface area contributed by atoms with Crippen molar-refractivity contribution in [2.75, 3.05) is 0 Å². The van der Waals surface area contributed by atoms with Gasteiger partial charge in [0.2, 0.25) is 0 Å². The molecule has 0 aliphatic rings. The van der Waals surface area contributed by atoms with Crippen LogP contribution in [0.1, 0.15) is 33.6 Å². The van der Waals surface area contributed by atoms with Crippen LogP contribution in [0.2, 0.25) is 0 Å². The molecule has 0 rings (SSSR count). The second-order valence-electron chi connectivity index (χ2n) is 2.42. The van der Waals surface area contributed by atoms with Gasteiger partial charge >= 0.3 is 0 Å². The van der Waals surface area contributed by atoms with Crippen LogP contribution in [0.25, 0.3) is 0 Å². The number of halogens is 1. The minimum Gasteiger partial charge on any atom is -0.123 e. The summed E-state index contributed by atoms with van der Waals surface area (Å²) in [6.07, 6.45) is 4.35. The zero-order chi connectivity index (χ0) is 7.28. The highest BCUT2D eigenvalue weighted by atomic mass is 35.5. The average molecular weight is 147 g/mol. The van der Waals surface area contributed by atoms with Crippen LogP contribution in [0.5, 0.6) is 0 Å². The van der Waals surface area contributed by atoms with Crippen molar-refractivity contribution in [1.82, 2.24) is 0 Å². The topological polar surface area (TPSA) is 0 Å². The van der Waals surface area contributed by atoms with Crippen LogP contribution in [-0.4, -0.2) is 5.38 Å². The fraction of sp³-hybridized carbons (Fsp3) is 0.750. The van der Waals surface area contributed by atoms with Crippen molar-refractivity contribution in [3.8, 4) is 0 Å². The summed E-state index contributed by atoms with van der Waals surface area (Å²) in [6, 6.07) is 0. The molecule has 0 aromatic heterocycles. The van der Waals surface area contributed by atoms with Crippen LogP contribution in [0.15, 0.2) is 11.6 Å². The first kappa shape index (κ1) is 9.03. The molecule has 0 aliphatic heterocycles. The molecule has 0 fully saturated rings. The minimum atomic E-state index is 0.284. The zero-order valence-corrected chi connectivity index (χ0v) is 7.20. The monoisotopic (exact) mass is 146 g/mol. The molecule has 0 bridgehead atoms. The van der Waals surface area contributed by atoms with E-state index in [0.29, 0.717) is 0 Å². The lowest BCUT2D eigenvalue weighted by molar-refractivity contribution is 0.942. The Labute approximate surface area is 62.9 Å². The molecule has 0 nitrogen and oxygen atoms in total. The molecule has 0 radical (unpaired) electrons. The van der Waals surface area contributed by atoms with Crippen LogP contribution in [0.3, 0.4) is 0 Å². The van der Waals surface area contributed by atoms with Gasteiger partial charge in [-0.15, -0.1) is 11.6 Å². The fourth-order valence-corrected chi connectivity index (χ4v) is 0.597. The summed E-state index contributed by atoms with van der Waals surface area (Å²) >= 11 is 5.73. The molecule has 0 aromatic carbocycles. The van der Waals surface area contributed by atoms with Gasteiger partial charge in [0.25, 0.3) is 0 Å². The number of hydrogen-bond acceptors (Lipinski definition) is 0. The minimum absolute atomic E-state index is 0.284. The average Bonchev–Trinajstić information content (AvgIpc) is 1.83. The van der Waals surface area contributed by atoms with E-state index in [4.69, 9.17) is 11.6 Å². The van der Waals surface area contributed by atoms with Crippen LogP contribution in [0, 0.1) is 0 Å². The largest absolute Gasteiger partial charge is 0.123 e. The molecule has 0 aromatic rings. The van der Waals surface area contributed by atoms with E-state index in [1.54, 1.807) is 0 Å². The second-order valence-corrected chi connectivity index (χ2v) is 3.17. The molecule has 1 heteroatoms. The van der Waals surface area contributed by atoms with Gasteiger partial charge in [-0.05, 0) is 26.7 Å². The molecule has 0 N–H and O–H groups in total. The highest BCUT2D eigenvalue weighted by Crippen LogP contribution is 2.05. The van der Waals surface area contributed by atoms with Crippen molar-refractivity contribution in [3.05, 3.63) is 11.6 Å². The van der Waals surface area contributed by atoms with Gasteiger partial charge in [-0.2, -0.15) is 0 Å². The molecule has 54 valence electrons. The van der Waals surface area contributed by atoms with Crippen molar-refractivity contribution < 1.29 is 0 Å². The van der Waals surface area contributed by atoms with E-state index in [2.05, 4.69) is 19.9 Å². The number of hydrogen-bond donors (Lipinski definition) is 0. The lowest BCUT2D eigenvalue weighted by atomic mass is 10.2. The van der Waals surface area contributed by atoms with Crippen LogP contribution in [-0.2, 0) is 0 Å². The highest BCUT2D eigenvalue weighted by Gasteiger charge is 1.90. The van der Waals surface area contributed by atoms with Crippen LogP contribution >= 0.6 is 11.6 Å². The Bertz CT molecular complexity index is 92.7. The fourth-order valence-electron chi connectivity index (χ4n) is 0.508. The van der Waals surface area contributed by atoms with Gasteiger partial charge in [-0.3, -0.25) is 0 Å². The Morgan fingerprint density at radius 3 is 2.56 bits per heavy atom. The van der Waals surface area contributed by atoms with Crippen molar-refractivity contribution in [3.63, 3.8) is 0 Å². The Kier molecular flexibility index (Phi) is 4.88. The lowest BCUT2D eigenvalue weighted by Crippen LogP contribution is -1.86. The molecular weight excluding hydrogens is 132 g/mol. The predicted octanol–water partition coefficient (Wildman–Crippen LogP) is 3.36. The molecule has 0 saturated heterocycles. The molecule has 0 spiro atoms. The van der Waals surface area contributed by atoms with Gasteiger partial charge in [0, 0.05) is 5.38 Å². The SMILES string of the molecule is CC/C(C)=C/CC(C)Cl. The molecule has 1 unspecified atom stereocenters. The lowest BCUT2D eigenvalue weighted by Gasteiger charge is -1.97. The van der Waals surface area contributed by atoms with Gasteiger partial charge in [0.05, 0.1) is 0 Å². The smallest absolute Gasteiger partial charge is 0.0342 e. The molecule has 0 aliphatic carbocycles. The molecule has 0 saturated carbocycles. The Morgan fingerprint density at radius 1 is 1.67 bits per heavy atom. The van der Waals surface area contributed by atoms with E-state index in [-0.39, 0.29) is 5.38 Å². The van der Waals surface area contributed by atoms with Crippen molar-refractivity contribution in [1.29, 1.82) is 0 Å². The van der Waals surface area contributed by atoms with Gasteiger partial charge in [0.15, 0.2) is 0 Å². The summed E-state index contributed by atoms with van der Waals surface area (Å²) in [5.41, 5.74) is 1.43. The van der Waals surface area contributed by atoms with E-state index in [1.165, 1.54) is 5.57 Å². The molecule has 0 amide bonds. The summed E-state index contributed by atoms with van der Waals surface area (Å²) in [4.78, 5) is 0. The maximum absolute atomic E-state index is 5.73. The standard InChI is InChI=1S/C8H15Cl/c1-4-7(2)5-6-8(3)9/h5,8H,4,6H2,1-3H3/b7-5+. The number of alkyl halides is 1. The normalized spacial score (nSPS) is 15.8. The third kappa shape index (κ3) is 5.91. The maximum atomic E-state index is 5.73. The Balaban J connectivity index is 3.43. The van der Waals surface area contributed by atoms with Crippen LogP contribution in [0.4, 0.5) is 0 Å². The van der Waals surface area contributed by atoms with E-state index in [9.17, 15) is 0 Å². The van der Waals surface area contributed by atoms with Crippen molar-refractivity contribution in [2.45, 2.75) is 39.0 Å². The number of rotatable bonds is 3. The molecule has 1 atom stereocenters. The first-order valence-electron chi connectivity index (χ1n) is 3.46. The quantitative estimate of drug-likeness (QED) is 0.423. The first-order valence-corrected chi connectivity index (χ1v) is 3.90. The number of allylic oxidation sites excluding steroid dienone is 2. The van der Waals surface area contributed by atoms with Crippen LogP contribution < -0.4 is 0 Å². The first-order chi connectivity index (χ1) is 4.16. The summed E-state index contributed by atoms with van der Waals surface area (Å²) in [5, 5.41) is 0.284. The molecule has 0 heterocycles. The zero-order valence-electron chi connectivity index (χ0n) is 6.45. The summed E-state index contributed by atoms with van der Waals surface area (Å²) < 4.78 is 0. The van der Waals surface area contributed by atoms with Crippen molar-refractivity contribution >= 4 is 11.6 Å². The van der Waals surface area contributed by atoms with Gasteiger partial charge in [-0.1, -0.05) is 18.6 Å². The van der Waals surface area contributed by atoms with Gasteiger partial charge in [0.1, 0.15) is 0 Å². The predicted molar refractivity (Wildman–Crippen MR) is 44.0 cm³/mol. The van der Waals surface area contributed by atoms with E-state index in [1.807, 2.05) is 6.92 Å². The second kappa shape index (κ2) is 4.87. The highest BCUT2D eigenvalue weighted by molar-refractivity contribution is 6.20. The summed E-state index contributed by atoms with van der Waals surface area (Å²) in [5.74, 6) is 0. The van der Waals surface area contributed by atoms with Crippen molar-refractivity contribution in [2.24, 2.45) is 0 Å². The van der Waals surface area contributed by atoms with Gasteiger partial charge in [-0.25, -0.2) is 0 Å². The maximum Gasteiger partial charge on any atom is 0.0342 e. The Hall–Kier alpha value is 0.0300. The Morgan fingerprint density at radius 2 is 2.22 bits per heavy atom.